The highest BCUT2D eigenvalue weighted by molar-refractivity contribution is 9.09. The van der Waals surface area contributed by atoms with Crippen LogP contribution in [0.3, 0.4) is 0 Å². The quantitative estimate of drug-likeness (QED) is 0.721. The Kier molecular flexibility index (Phi) is 4.65. The summed E-state index contributed by atoms with van der Waals surface area (Å²) in [4.78, 5) is 0.332. The predicted octanol–water partition coefficient (Wildman–Crippen LogP) is 4.99. The Morgan fingerprint density at radius 3 is 2.53 bits per heavy atom. The molecule has 0 amide bonds. The highest BCUT2D eigenvalue weighted by Gasteiger charge is 2.10. The van der Waals surface area contributed by atoms with E-state index in [-0.39, 0.29) is 0 Å². The van der Waals surface area contributed by atoms with Gasteiger partial charge in [0.1, 0.15) is 5.75 Å². The molecule has 0 heterocycles. The van der Waals surface area contributed by atoms with Crippen molar-refractivity contribution in [1.29, 1.82) is 0 Å². The van der Waals surface area contributed by atoms with E-state index >= 15 is 0 Å². The SMILES string of the molecule is COc1cccc(CC(Br)c2ccc(C)c(C)c2)c1. The standard InChI is InChI=1S/C17H19BrO/c1-12-7-8-15(9-13(12)2)17(18)11-14-5-4-6-16(10-14)19-3/h4-10,17H,11H2,1-3H3. The Labute approximate surface area is 123 Å². The Hall–Kier alpha value is -1.28. The minimum Gasteiger partial charge on any atom is -0.497 e. The summed E-state index contributed by atoms with van der Waals surface area (Å²) in [5, 5.41) is 0. The molecule has 0 saturated heterocycles. The van der Waals surface area contributed by atoms with Crippen LogP contribution in [0.2, 0.25) is 0 Å². The number of aryl methyl sites for hydroxylation is 2. The fraction of sp³-hybridized carbons (Fsp3) is 0.294. The summed E-state index contributed by atoms with van der Waals surface area (Å²) < 4.78 is 5.26. The third kappa shape index (κ3) is 3.60. The van der Waals surface area contributed by atoms with E-state index in [4.69, 9.17) is 4.74 Å². The third-order valence-electron chi connectivity index (χ3n) is 3.44. The summed E-state index contributed by atoms with van der Waals surface area (Å²) in [6, 6.07) is 14.9. The van der Waals surface area contributed by atoms with Gasteiger partial charge in [-0.25, -0.2) is 0 Å². The van der Waals surface area contributed by atoms with Crippen LogP contribution in [-0.4, -0.2) is 7.11 Å². The van der Waals surface area contributed by atoms with Crippen molar-refractivity contribution in [3.63, 3.8) is 0 Å². The Balaban J connectivity index is 2.15. The second-order valence-corrected chi connectivity index (χ2v) is 5.97. The number of methoxy groups -OCH3 is 1. The third-order valence-corrected chi connectivity index (χ3v) is 4.29. The van der Waals surface area contributed by atoms with Gasteiger partial charge in [-0.1, -0.05) is 46.3 Å². The molecule has 2 rings (SSSR count). The van der Waals surface area contributed by atoms with Crippen LogP contribution in [0, 0.1) is 13.8 Å². The van der Waals surface area contributed by atoms with Crippen molar-refractivity contribution < 1.29 is 4.74 Å². The molecule has 1 nitrogen and oxygen atoms in total. The molecule has 0 radical (unpaired) electrons. The van der Waals surface area contributed by atoms with Crippen molar-refractivity contribution in [2.24, 2.45) is 0 Å². The monoisotopic (exact) mass is 318 g/mol. The minimum absolute atomic E-state index is 0.332. The summed E-state index contributed by atoms with van der Waals surface area (Å²) in [5.41, 5.74) is 5.28. The molecular weight excluding hydrogens is 300 g/mol. The molecule has 0 saturated carbocycles. The second-order valence-electron chi connectivity index (χ2n) is 4.87. The van der Waals surface area contributed by atoms with E-state index in [1.807, 2.05) is 12.1 Å². The van der Waals surface area contributed by atoms with E-state index in [0.717, 1.165) is 12.2 Å². The lowest BCUT2D eigenvalue weighted by atomic mass is 10.0. The molecule has 2 aromatic rings. The lowest BCUT2D eigenvalue weighted by Crippen LogP contribution is -1.97. The maximum absolute atomic E-state index is 5.26. The van der Waals surface area contributed by atoms with Crippen LogP contribution in [0.15, 0.2) is 42.5 Å². The summed E-state index contributed by atoms with van der Waals surface area (Å²) in [6.07, 6.45) is 0.958. The van der Waals surface area contributed by atoms with E-state index in [1.54, 1.807) is 7.11 Å². The first-order chi connectivity index (χ1) is 9.10. The van der Waals surface area contributed by atoms with Crippen LogP contribution in [0.5, 0.6) is 5.75 Å². The van der Waals surface area contributed by atoms with Crippen molar-refractivity contribution >= 4 is 15.9 Å². The molecule has 100 valence electrons. The zero-order valence-corrected chi connectivity index (χ0v) is 13.2. The molecular formula is C17H19BrO. The van der Waals surface area contributed by atoms with E-state index in [9.17, 15) is 0 Å². The molecule has 0 N–H and O–H groups in total. The van der Waals surface area contributed by atoms with Crippen molar-refractivity contribution in [3.8, 4) is 5.75 Å². The number of benzene rings is 2. The van der Waals surface area contributed by atoms with Gasteiger partial charge >= 0.3 is 0 Å². The number of halogens is 1. The molecule has 2 heteroatoms. The van der Waals surface area contributed by atoms with Gasteiger partial charge in [-0.3, -0.25) is 0 Å². The van der Waals surface area contributed by atoms with Gasteiger partial charge in [0, 0.05) is 4.83 Å². The maximum atomic E-state index is 5.26. The normalized spacial score (nSPS) is 12.2. The molecule has 1 unspecified atom stereocenters. The topological polar surface area (TPSA) is 9.23 Å². The lowest BCUT2D eigenvalue weighted by Gasteiger charge is -2.13. The lowest BCUT2D eigenvalue weighted by molar-refractivity contribution is 0.414. The highest BCUT2D eigenvalue weighted by atomic mass is 79.9. The van der Waals surface area contributed by atoms with Gasteiger partial charge in [0.15, 0.2) is 0 Å². The van der Waals surface area contributed by atoms with Gasteiger partial charge in [-0.05, 0) is 54.7 Å². The zero-order valence-electron chi connectivity index (χ0n) is 11.6. The van der Waals surface area contributed by atoms with E-state index in [2.05, 4.69) is 60.1 Å². The molecule has 0 spiro atoms. The number of ether oxygens (including phenoxy) is 1. The molecule has 0 aromatic heterocycles. The van der Waals surface area contributed by atoms with Gasteiger partial charge in [0.2, 0.25) is 0 Å². The fourth-order valence-corrected chi connectivity index (χ4v) is 2.74. The van der Waals surface area contributed by atoms with Gasteiger partial charge in [0.25, 0.3) is 0 Å². The number of rotatable bonds is 4. The summed E-state index contributed by atoms with van der Waals surface area (Å²) in [5.74, 6) is 0.914. The van der Waals surface area contributed by atoms with Crippen LogP contribution in [0.25, 0.3) is 0 Å². The number of hydrogen-bond acceptors (Lipinski definition) is 1. The Bertz CT molecular complexity index is 563. The average Bonchev–Trinajstić information content (AvgIpc) is 2.42. The summed E-state index contributed by atoms with van der Waals surface area (Å²) in [7, 11) is 1.70. The van der Waals surface area contributed by atoms with Crippen molar-refractivity contribution in [2.45, 2.75) is 25.1 Å². The van der Waals surface area contributed by atoms with Gasteiger partial charge in [-0.2, -0.15) is 0 Å². The molecule has 19 heavy (non-hydrogen) atoms. The van der Waals surface area contributed by atoms with Crippen molar-refractivity contribution in [2.75, 3.05) is 7.11 Å². The van der Waals surface area contributed by atoms with Crippen molar-refractivity contribution in [3.05, 3.63) is 64.7 Å². The number of alkyl halides is 1. The molecule has 1 atom stereocenters. The summed E-state index contributed by atoms with van der Waals surface area (Å²) in [6.45, 7) is 4.30. The van der Waals surface area contributed by atoms with Gasteiger partial charge < -0.3 is 4.74 Å². The Morgan fingerprint density at radius 1 is 1.05 bits per heavy atom. The van der Waals surface area contributed by atoms with Gasteiger partial charge in [-0.15, -0.1) is 0 Å². The molecule has 2 aromatic carbocycles. The zero-order chi connectivity index (χ0) is 13.8. The fourth-order valence-electron chi connectivity index (χ4n) is 2.08. The minimum atomic E-state index is 0.332. The first-order valence-electron chi connectivity index (χ1n) is 6.44. The number of hydrogen-bond donors (Lipinski definition) is 0. The van der Waals surface area contributed by atoms with E-state index in [0.29, 0.717) is 4.83 Å². The smallest absolute Gasteiger partial charge is 0.119 e. The average molecular weight is 319 g/mol. The van der Waals surface area contributed by atoms with Crippen LogP contribution in [-0.2, 0) is 6.42 Å². The maximum Gasteiger partial charge on any atom is 0.119 e. The largest absolute Gasteiger partial charge is 0.497 e. The van der Waals surface area contributed by atoms with Crippen molar-refractivity contribution in [1.82, 2.24) is 0 Å². The second kappa shape index (κ2) is 6.25. The van der Waals surface area contributed by atoms with Gasteiger partial charge in [0.05, 0.1) is 7.11 Å². The van der Waals surface area contributed by atoms with Crippen LogP contribution in [0.1, 0.15) is 27.1 Å². The first kappa shape index (κ1) is 14.1. The molecule has 0 aliphatic carbocycles. The Morgan fingerprint density at radius 2 is 1.84 bits per heavy atom. The van der Waals surface area contributed by atoms with E-state index in [1.165, 1.54) is 22.3 Å². The molecule has 0 aliphatic rings. The highest BCUT2D eigenvalue weighted by Crippen LogP contribution is 2.29. The van der Waals surface area contributed by atoms with Crippen LogP contribution < -0.4 is 4.74 Å². The van der Waals surface area contributed by atoms with E-state index < -0.39 is 0 Å². The summed E-state index contributed by atoms with van der Waals surface area (Å²) >= 11 is 3.79. The molecule has 0 bridgehead atoms. The first-order valence-corrected chi connectivity index (χ1v) is 7.36. The molecule has 0 aliphatic heterocycles. The van der Waals surface area contributed by atoms with Crippen LogP contribution in [0.4, 0.5) is 0 Å². The molecule has 0 fully saturated rings. The van der Waals surface area contributed by atoms with Crippen LogP contribution >= 0.6 is 15.9 Å². The predicted molar refractivity (Wildman–Crippen MR) is 84.3 cm³/mol.